The van der Waals surface area contributed by atoms with Gasteiger partial charge < -0.3 is 10.1 Å². The molecule has 16 heavy (non-hydrogen) atoms. The highest BCUT2D eigenvalue weighted by atomic mass is 35.5. The van der Waals surface area contributed by atoms with Gasteiger partial charge >= 0.3 is 0 Å². The van der Waals surface area contributed by atoms with Crippen molar-refractivity contribution in [3.05, 3.63) is 11.8 Å². The first-order valence-corrected chi connectivity index (χ1v) is 5.91. The van der Waals surface area contributed by atoms with Gasteiger partial charge in [-0.25, -0.2) is 4.98 Å². The van der Waals surface area contributed by atoms with E-state index >= 15 is 0 Å². The van der Waals surface area contributed by atoms with Gasteiger partial charge in [0, 0.05) is 23.7 Å². The summed E-state index contributed by atoms with van der Waals surface area (Å²) in [7, 11) is 1.60. The fraction of sp³-hybridized carbons (Fsp3) is 0.636. The van der Waals surface area contributed by atoms with Crippen LogP contribution < -0.4 is 10.1 Å². The van der Waals surface area contributed by atoms with Crippen LogP contribution in [0.1, 0.15) is 25.5 Å². The molecule has 0 spiro atoms. The number of methoxy groups -OCH3 is 1. The molecule has 1 aromatic heterocycles. The lowest BCUT2D eigenvalue weighted by Gasteiger charge is -2.13. The highest BCUT2D eigenvalue weighted by Crippen LogP contribution is 2.13. The number of hydrogen-bond donors (Lipinski definition) is 1. The van der Waals surface area contributed by atoms with E-state index < -0.39 is 0 Å². The van der Waals surface area contributed by atoms with Crippen molar-refractivity contribution in [2.45, 2.75) is 32.7 Å². The summed E-state index contributed by atoms with van der Waals surface area (Å²) in [6.45, 7) is 4.00. The van der Waals surface area contributed by atoms with Crippen molar-refractivity contribution in [2.24, 2.45) is 0 Å². The summed E-state index contributed by atoms with van der Waals surface area (Å²) in [4.78, 5) is 8.52. The second-order valence-electron chi connectivity index (χ2n) is 3.75. The van der Waals surface area contributed by atoms with Crippen LogP contribution in [0.3, 0.4) is 0 Å². The van der Waals surface area contributed by atoms with Gasteiger partial charge in [-0.15, -0.1) is 11.6 Å². The van der Waals surface area contributed by atoms with Crippen molar-refractivity contribution in [1.29, 1.82) is 0 Å². The molecular weight excluding hydrogens is 226 g/mol. The highest BCUT2D eigenvalue weighted by molar-refractivity contribution is 6.17. The molecule has 4 nitrogen and oxygen atoms in total. The summed E-state index contributed by atoms with van der Waals surface area (Å²) in [5.41, 5.74) is 0.888. The molecule has 0 aliphatic heterocycles. The molecule has 0 fully saturated rings. The Morgan fingerprint density at radius 3 is 2.88 bits per heavy atom. The number of hydrogen-bond acceptors (Lipinski definition) is 4. The van der Waals surface area contributed by atoms with E-state index in [1.807, 2.05) is 6.92 Å². The largest absolute Gasteiger partial charge is 0.481 e. The summed E-state index contributed by atoms with van der Waals surface area (Å²) in [6.07, 6.45) is 1.99. The average Bonchev–Trinajstić information content (AvgIpc) is 2.25. The molecule has 1 unspecified atom stereocenters. The molecule has 90 valence electrons. The number of nitrogens with one attached hydrogen (secondary N) is 1. The quantitative estimate of drug-likeness (QED) is 0.781. The van der Waals surface area contributed by atoms with Crippen molar-refractivity contribution >= 4 is 17.5 Å². The molecule has 0 saturated heterocycles. The minimum absolute atomic E-state index is 0.310. The molecule has 0 aromatic carbocycles. The zero-order valence-electron chi connectivity index (χ0n) is 9.96. The van der Waals surface area contributed by atoms with Gasteiger partial charge in [0.1, 0.15) is 0 Å². The number of aryl methyl sites for hydroxylation is 1. The van der Waals surface area contributed by atoms with Crippen LogP contribution in [0, 0.1) is 6.92 Å². The first kappa shape index (κ1) is 13.0. The molecule has 0 amide bonds. The maximum Gasteiger partial charge on any atom is 0.226 e. The second kappa shape index (κ2) is 6.53. The number of aromatic nitrogens is 2. The van der Waals surface area contributed by atoms with Crippen LogP contribution in [0.15, 0.2) is 6.07 Å². The van der Waals surface area contributed by atoms with Gasteiger partial charge in [0.25, 0.3) is 0 Å². The van der Waals surface area contributed by atoms with Crippen molar-refractivity contribution < 1.29 is 4.74 Å². The SMILES string of the molecule is COc1cc(C)nc(NC(C)CCCCl)n1. The Morgan fingerprint density at radius 1 is 1.50 bits per heavy atom. The Labute approximate surface area is 101 Å². The van der Waals surface area contributed by atoms with Gasteiger partial charge in [-0.2, -0.15) is 4.98 Å². The Hall–Kier alpha value is -1.03. The Balaban J connectivity index is 2.61. The Morgan fingerprint density at radius 2 is 2.25 bits per heavy atom. The average molecular weight is 244 g/mol. The van der Waals surface area contributed by atoms with Crippen LogP contribution in [-0.2, 0) is 0 Å². The van der Waals surface area contributed by atoms with Crippen LogP contribution in [0.25, 0.3) is 0 Å². The first-order chi connectivity index (χ1) is 7.65. The number of nitrogens with zero attached hydrogens (tertiary/aromatic N) is 2. The fourth-order valence-corrected chi connectivity index (χ4v) is 1.54. The summed E-state index contributed by atoms with van der Waals surface area (Å²) in [5, 5.41) is 3.23. The standard InChI is InChI=1S/C11H18ClN3O/c1-8(5-4-6-12)13-11-14-9(2)7-10(15-11)16-3/h7-8H,4-6H2,1-3H3,(H,13,14,15). The maximum absolute atomic E-state index is 5.64. The Bertz CT molecular complexity index is 333. The third kappa shape index (κ3) is 4.23. The van der Waals surface area contributed by atoms with Gasteiger partial charge in [-0.3, -0.25) is 0 Å². The first-order valence-electron chi connectivity index (χ1n) is 5.38. The van der Waals surface area contributed by atoms with Crippen molar-refractivity contribution in [1.82, 2.24) is 9.97 Å². The maximum atomic E-state index is 5.64. The van der Waals surface area contributed by atoms with E-state index in [2.05, 4.69) is 22.2 Å². The summed E-state index contributed by atoms with van der Waals surface area (Å²) < 4.78 is 5.09. The second-order valence-corrected chi connectivity index (χ2v) is 4.13. The van der Waals surface area contributed by atoms with E-state index in [-0.39, 0.29) is 0 Å². The van der Waals surface area contributed by atoms with Gasteiger partial charge in [-0.1, -0.05) is 0 Å². The molecule has 0 saturated carbocycles. The van der Waals surface area contributed by atoms with Crippen LogP contribution in [0.5, 0.6) is 5.88 Å². The number of halogens is 1. The molecule has 5 heteroatoms. The van der Waals surface area contributed by atoms with Gasteiger partial charge in [-0.05, 0) is 26.7 Å². The zero-order valence-corrected chi connectivity index (χ0v) is 10.7. The monoisotopic (exact) mass is 243 g/mol. The van der Waals surface area contributed by atoms with Crippen molar-refractivity contribution in [3.8, 4) is 5.88 Å². The van der Waals surface area contributed by atoms with E-state index in [0.717, 1.165) is 18.5 Å². The lowest BCUT2D eigenvalue weighted by Crippen LogP contribution is -2.17. The molecule has 1 rings (SSSR count). The van der Waals surface area contributed by atoms with Crippen LogP contribution >= 0.6 is 11.6 Å². The van der Waals surface area contributed by atoms with Crippen LogP contribution in [-0.4, -0.2) is 29.0 Å². The van der Waals surface area contributed by atoms with E-state index in [9.17, 15) is 0 Å². The van der Waals surface area contributed by atoms with Gasteiger partial charge in [0.15, 0.2) is 0 Å². The topological polar surface area (TPSA) is 47.0 Å². The molecule has 1 heterocycles. The fourth-order valence-electron chi connectivity index (χ4n) is 1.38. The van der Waals surface area contributed by atoms with E-state index in [1.165, 1.54) is 0 Å². The lowest BCUT2D eigenvalue weighted by atomic mass is 10.2. The molecule has 0 aliphatic carbocycles. The molecule has 0 bridgehead atoms. The smallest absolute Gasteiger partial charge is 0.226 e. The van der Waals surface area contributed by atoms with E-state index in [0.29, 0.717) is 23.8 Å². The number of anilines is 1. The molecule has 1 atom stereocenters. The predicted molar refractivity (Wildman–Crippen MR) is 66.4 cm³/mol. The summed E-state index contributed by atoms with van der Waals surface area (Å²) >= 11 is 5.64. The minimum atomic E-state index is 0.310. The van der Waals surface area contributed by atoms with Crippen LogP contribution in [0.4, 0.5) is 5.95 Å². The highest BCUT2D eigenvalue weighted by Gasteiger charge is 2.06. The zero-order chi connectivity index (χ0) is 12.0. The third-order valence-electron chi connectivity index (χ3n) is 2.19. The summed E-state index contributed by atoms with van der Waals surface area (Å²) in [5.74, 6) is 1.88. The Kier molecular flexibility index (Phi) is 5.32. The predicted octanol–water partition coefficient (Wildman–Crippen LogP) is 2.61. The molecule has 0 aliphatic rings. The number of rotatable bonds is 6. The molecule has 0 radical (unpaired) electrons. The van der Waals surface area contributed by atoms with E-state index in [1.54, 1.807) is 13.2 Å². The summed E-state index contributed by atoms with van der Waals surface area (Å²) in [6, 6.07) is 2.11. The number of alkyl halides is 1. The molecular formula is C11H18ClN3O. The molecule has 1 aromatic rings. The van der Waals surface area contributed by atoms with Gasteiger partial charge in [0.2, 0.25) is 11.8 Å². The van der Waals surface area contributed by atoms with Crippen molar-refractivity contribution in [2.75, 3.05) is 18.3 Å². The van der Waals surface area contributed by atoms with Crippen molar-refractivity contribution in [3.63, 3.8) is 0 Å². The van der Waals surface area contributed by atoms with Gasteiger partial charge in [0.05, 0.1) is 7.11 Å². The number of ether oxygens (including phenoxy) is 1. The molecule has 1 N–H and O–H groups in total. The lowest BCUT2D eigenvalue weighted by molar-refractivity contribution is 0.396. The minimum Gasteiger partial charge on any atom is -0.481 e. The third-order valence-corrected chi connectivity index (χ3v) is 2.45. The van der Waals surface area contributed by atoms with Crippen LogP contribution in [0.2, 0.25) is 0 Å². The van der Waals surface area contributed by atoms with E-state index in [4.69, 9.17) is 16.3 Å². The normalized spacial score (nSPS) is 12.2.